The standard InChI is InChI=1S/C26H28N4O2/c31-24(29-23-8-1-4-12-27-23)21-16-20-15-19(18-28-22(20)17-21)7-5-13-30-14-6-11-26(25(30)32)9-2-3-10-26/h1,4,8,12,15,18,21H,2-3,6,9-11,13-14,16-17H2,(H,27,29,31)/t21-/m0/s1. The summed E-state index contributed by atoms with van der Waals surface area (Å²) in [6.07, 6.45) is 11.3. The molecule has 2 aromatic heterocycles. The van der Waals surface area contributed by atoms with E-state index in [1.54, 1.807) is 18.5 Å². The smallest absolute Gasteiger partial charge is 0.229 e. The van der Waals surface area contributed by atoms with E-state index in [1.807, 2.05) is 23.1 Å². The van der Waals surface area contributed by atoms with Gasteiger partial charge < -0.3 is 10.2 Å². The van der Waals surface area contributed by atoms with E-state index in [1.165, 1.54) is 12.8 Å². The van der Waals surface area contributed by atoms with Crippen molar-refractivity contribution in [2.45, 2.75) is 51.4 Å². The van der Waals surface area contributed by atoms with Gasteiger partial charge in [0.05, 0.1) is 6.54 Å². The topological polar surface area (TPSA) is 75.2 Å². The summed E-state index contributed by atoms with van der Waals surface area (Å²) in [4.78, 5) is 36.3. The van der Waals surface area contributed by atoms with Gasteiger partial charge in [-0.2, -0.15) is 0 Å². The molecular weight excluding hydrogens is 400 g/mol. The van der Waals surface area contributed by atoms with Gasteiger partial charge in [0.2, 0.25) is 11.8 Å². The molecule has 0 bridgehead atoms. The lowest BCUT2D eigenvalue weighted by molar-refractivity contribution is -0.145. The summed E-state index contributed by atoms with van der Waals surface area (Å²) in [7, 11) is 0. The SMILES string of the molecule is O=C(Nc1ccccn1)[C@H]1Cc2cc(C#CCN3CCCC4(CCCC4)C3=O)cnc2C1. The summed E-state index contributed by atoms with van der Waals surface area (Å²) in [5.74, 6) is 7.09. The lowest BCUT2D eigenvalue weighted by atomic mass is 9.77. The maximum atomic E-state index is 13.0. The number of fused-ring (bicyclic) bond motifs is 1. The van der Waals surface area contributed by atoms with Gasteiger partial charge >= 0.3 is 0 Å². The van der Waals surface area contributed by atoms with Crippen LogP contribution in [0.4, 0.5) is 5.82 Å². The minimum absolute atomic E-state index is 0.0289. The monoisotopic (exact) mass is 428 g/mol. The van der Waals surface area contributed by atoms with Crippen molar-refractivity contribution in [3.8, 4) is 11.8 Å². The molecular formula is C26H28N4O2. The fraction of sp³-hybridized carbons (Fsp3) is 0.462. The number of nitrogens with zero attached hydrogens (tertiary/aromatic N) is 3. The zero-order valence-corrected chi connectivity index (χ0v) is 18.3. The van der Waals surface area contributed by atoms with Crippen LogP contribution in [-0.4, -0.2) is 39.8 Å². The van der Waals surface area contributed by atoms with E-state index in [0.717, 1.165) is 49.0 Å². The predicted octanol–water partition coefficient (Wildman–Crippen LogP) is 3.36. The summed E-state index contributed by atoms with van der Waals surface area (Å²) in [6.45, 7) is 1.29. The molecule has 6 heteroatoms. The quantitative estimate of drug-likeness (QED) is 0.761. The van der Waals surface area contributed by atoms with Gasteiger partial charge in [-0.3, -0.25) is 14.6 Å². The maximum Gasteiger partial charge on any atom is 0.229 e. The van der Waals surface area contributed by atoms with Gasteiger partial charge in [0.15, 0.2) is 0 Å². The lowest BCUT2D eigenvalue weighted by Crippen LogP contribution is -2.47. The van der Waals surface area contributed by atoms with E-state index < -0.39 is 0 Å². The first-order valence-corrected chi connectivity index (χ1v) is 11.6. The Hall–Kier alpha value is -3.20. The van der Waals surface area contributed by atoms with Crippen LogP contribution in [-0.2, 0) is 22.4 Å². The molecule has 1 atom stereocenters. The van der Waals surface area contributed by atoms with Gasteiger partial charge in [0, 0.05) is 47.9 Å². The molecule has 2 aromatic rings. The molecule has 0 radical (unpaired) electrons. The van der Waals surface area contributed by atoms with Crippen LogP contribution in [0.25, 0.3) is 0 Å². The molecule has 6 nitrogen and oxygen atoms in total. The van der Waals surface area contributed by atoms with Crippen molar-refractivity contribution in [3.63, 3.8) is 0 Å². The second-order valence-corrected chi connectivity index (χ2v) is 9.26. The van der Waals surface area contributed by atoms with Crippen molar-refractivity contribution in [2.75, 3.05) is 18.4 Å². The Kier molecular flexibility index (Phi) is 5.65. The van der Waals surface area contributed by atoms with Crippen LogP contribution in [0, 0.1) is 23.2 Å². The fourth-order valence-corrected chi connectivity index (χ4v) is 5.44. The molecule has 1 spiro atoms. The number of rotatable bonds is 3. The van der Waals surface area contributed by atoms with Gasteiger partial charge in [-0.25, -0.2) is 4.98 Å². The third-order valence-corrected chi connectivity index (χ3v) is 7.14. The van der Waals surface area contributed by atoms with Crippen molar-refractivity contribution in [1.29, 1.82) is 0 Å². The molecule has 0 aromatic carbocycles. The molecule has 32 heavy (non-hydrogen) atoms. The average Bonchev–Trinajstić information content (AvgIpc) is 3.45. The fourth-order valence-electron chi connectivity index (χ4n) is 5.44. The molecule has 2 fully saturated rings. The Morgan fingerprint density at radius 1 is 1.16 bits per heavy atom. The number of pyridine rings is 2. The highest BCUT2D eigenvalue weighted by atomic mass is 16.2. The summed E-state index contributed by atoms with van der Waals surface area (Å²) < 4.78 is 0. The number of aromatic nitrogens is 2. The van der Waals surface area contributed by atoms with Crippen molar-refractivity contribution in [1.82, 2.24) is 14.9 Å². The lowest BCUT2D eigenvalue weighted by Gasteiger charge is -2.38. The second-order valence-electron chi connectivity index (χ2n) is 9.26. The van der Waals surface area contributed by atoms with Crippen molar-refractivity contribution in [2.24, 2.45) is 11.3 Å². The number of carbonyl (C=O) groups is 2. The van der Waals surface area contributed by atoms with Gasteiger partial charge in [-0.1, -0.05) is 30.7 Å². The molecule has 0 unspecified atom stereocenters. The third kappa shape index (κ3) is 4.12. The number of nitrogens with one attached hydrogen (secondary N) is 1. The first-order valence-electron chi connectivity index (χ1n) is 11.6. The van der Waals surface area contributed by atoms with Gasteiger partial charge in [0.1, 0.15) is 5.82 Å². The molecule has 1 aliphatic heterocycles. The van der Waals surface area contributed by atoms with Crippen molar-refractivity contribution in [3.05, 3.63) is 53.5 Å². The van der Waals surface area contributed by atoms with E-state index >= 15 is 0 Å². The molecule has 5 rings (SSSR count). The van der Waals surface area contributed by atoms with Crippen molar-refractivity contribution < 1.29 is 9.59 Å². The Morgan fingerprint density at radius 3 is 2.81 bits per heavy atom. The number of likely N-dealkylation sites (tertiary alicyclic amines) is 1. The highest BCUT2D eigenvalue weighted by Gasteiger charge is 2.45. The van der Waals surface area contributed by atoms with Crippen LogP contribution in [0.1, 0.15) is 55.3 Å². The molecule has 2 amide bonds. The second kappa shape index (κ2) is 8.74. The number of hydrogen-bond acceptors (Lipinski definition) is 4. The highest BCUT2D eigenvalue weighted by Crippen LogP contribution is 2.45. The number of piperidine rings is 1. The molecule has 3 aliphatic rings. The van der Waals surface area contributed by atoms with Crippen LogP contribution in [0.5, 0.6) is 0 Å². The summed E-state index contributed by atoms with van der Waals surface area (Å²) >= 11 is 0. The van der Waals surface area contributed by atoms with Crippen molar-refractivity contribution >= 4 is 17.6 Å². The zero-order valence-electron chi connectivity index (χ0n) is 18.3. The number of amides is 2. The van der Waals surface area contributed by atoms with E-state index in [4.69, 9.17) is 0 Å². The first kappa shape index (κ1) is 20.7. The largest absolute Gasteiger partial charge is 0.331 e. The highest BCUT2D eigenvalue weighted by molar-refractivity contribution is 5.92. The Labute approximate surface area is 188 Å². The minimum atomic E-state index is -0.142. The zero-order chi connectivity index (χ0) is 22.0. The molecule has 1 N–H and O–H groups in total. The molecule has 164 valence electrons. The van der Waals surface area contributed by atoms with Crippen LogP contribution < -0.4 is 5.32 Å². The predicted molar refractivity (Wildman–Crippen MR) is 122 cm³/mol. The Morgan fingerprint density at radius 2 is 2.00 bits per heavy atom. The number of carbonyl (C=O) groups excluding carboxylic acids is 2. The Balaban J connectivity index is 1.20. The van der Waals surface area contributed by atoms with Crippen LogP contribution in [0.15, 0.2) is 36.7 Å². The summed E-state index contributed by atoms with van der Waals surface area (Å²) in [6, 6.07) is 7.50. The minimum Gasteiger partial charge on any atom is -0.331 e. The maximum absolute atomic E-state index is 13.0. The van der Waals surface area contributed by atoms with E-state index in [9.17, 15) is 9.59 Å². The van der Waals surface area contributed by atoms with E-state index in [-0.39, 0.29) is 17.2 Å². The molecule has 2 aliphatic carbocycles. The summed E-state index contributed by atoms with van der Waals surface area (Å²) in [5, 5.41) is 2.89. The molecule has 1 saturated heterocycles. The average molecular weight is 429 g/mol. The normalized spacial score (nSPS) is 21.2. The van der Waals surface area contributed by atoms with Crippen LogP contribution in [0.2, 0.25) is 0 Å². The molecule has 1 saturated carbocycles. The van der Waals surface area contributed by atoms with E-state index in [0.29, 0.717) is 31.1 Å². The van der Waals surface area contributed by atoms with E-state index in [2.05, 4.69) is 27.1 Å². The van der Waals surface area contributed by atoms with Crippen LogP contribution in [0.3, 0.4) is 0 Å². The molecule has 3 heterocycles. The number of anilines is 1. The van der Waals surface area contributed by atoms with Gasteiger partial charge in [0.25, 0.3) is 0 Å². The first-order chi connectivity index (χ1) is 15.6. The van der Waals surface area contributed by atoms with Gasteiger partial charge in [-0.05, 0) is 55.9 Å². The van der Waals surface area contributed by atoms with Gasteiger partial charge in [-0.15, -0.1) is 0 Å². The van der Waals surface area contributed by atoms with Crippen LogP contribution >= 0.6 is 0 Å². The third-order valence-electron chi connectivity index (χ3n) is 7.14. The Bertz CT molecular complexity index is 1080. The number of hydrogen-bond donors (Lipinski definition) is 1. The summed E-state index contributed by atoms with van der Waals surface area (Å²) in [5.41, 5.74) is 2.79.